The van der Waals surface area contributed by atoms with Crippen LogP contribution >= 0.6 is 0 Å². The van der Waals surface area contributed by atoms with Gasteiger partial charge in [-0.15, -0.1) is 0 Å². The zero-order valence-electron chi connectivity index (χ0n) is 8.10. The molecule has 2 atom stereocenters. The molecule has 0 spiro atoms. The maximum Gasteiger partial charge on any atom is 0.390 e. The van der Waals surface area contributed by atoms with Crippen LogP contribution in [0.15, 0.2) is 0 Å². The molecule has 14 heavy (non-hydrogen) atoms. The van der Waals surface area contributed by atoms with E-state index in [-0.39, 0.29) is 6.42 Å². The molecular formula is C8H14F3NO2. The zero-order chi connectivity index (χ0) is 11.4. The molecule has 0 aliphatic heterocycles. The number of hydrogen-bond donors (Lipinski definition) is 1. The molecule has 0 aromatic rings. The Kier molecular flexibility index (Phi) is 4.90. The maximum absolute atomic E-state index is 11.9. The van der Waals surface area contributed by atoms with Crippen molar-refractivity contribution in [2.45, 2.75) is 32.0 Å². The number of esters is 1. The summed E-state index contributed by atoms with van der Waals surface area (Å²) in [6.07, 6.45) is -5.27. The van der Waals surface area contributed by atoms with Gasteiger partial charge in [0.2, 0.25) is 0 Å². The summed E-state index contributed by atoms with van der Waals surface area (Å²) in [6, 6.07) is -1.23. The number of ether oxygens (including phenoxy) is 1. The lowest BCUT2D eigenvalue weighted by molar-refractivity contribution is -0.154. The zero-order valence-corrected chi connectivity index (χ0v) is 8.10. The van der Waals surface area contributed by atoms with E-state index in [0.29, 0.717) is 0 Å². The van der Waals surface area contributed by atoms with E-state index in [1.54, 1.807) is 6.92 Å². The Hall–Kier alpha value is -0.780. The summed E-state index contributed by atoms with van der Waals surface area (Å²) in [5.74, 6) is -1.58. The minimum Gasteiger partial charge on any atom is -0.469 e. The van der Waals surface area contributed by atoms with Gasteiger partial charge < -0.3 is 10.5 Å². The summed E-state index contributed by atoms with van der Waals surface area (Å²) in [5.41, 5.74) is 5.27. The Morgan fingerprint density at radius 1 is 1.50 bits per heavy atom. The first-order valence-corrected chi connectivity index (χ1v) is 4.22. The molecule has 0 saturated heterocycles. The molecule has 0 aliphatic rings. The summed E-state index contributed by atoms with van der Waals surface area (Å²) < 4.78 is 40.2. The van der Waals surface area contributed by atoms with Crippen molar-refractivity contribution in [2.75, 3.05) is 7.11 Å². The Bertz CT molecular complexity index is 194. The van der Waals surface area contributed by atoms with Gasteiger partial charge in [0.1, 0.15) is 0 Å². The molecule has 0 bridgehead atoms. The van der Waals surface area contributed by atoms with Crippen LogP contribution < -0.4 is 5.73 Å². The van der Waals surface area contributed by atoms with Gasteiger partial charge in [-0.25, -0.2) is 0 Å². The van der Waals surface area contributed by atoms with Crippen molar-refractivity contribution in [1.29, 1.82) is 0 Å². The lowest BCUT2D eigenvalue weighted by Crippen LogP contribution is -2.39. The summed E-state index contributed by atoms with van der Waals surface area (Å²) in [7, 11) is 1.13. The van der Waals surface area contributed by atoms with E-state index in [2.05, 4.69) is 4.74 Å². The van der Waals surface area contributed by atoms with Gasteiger partial charge in [0, 0.05) is 6.04 Å². The molecule has 84 valence electrons. The number of alkyl halides is 3. The fraction of sp³-hybridized carbons (Fsp3) is 0.875. The van der Waals surface area contributed by atoms with Crippen molar-refractivity contribution >= 4 is 5.97 Å². The number of nitrogens with two attached hydrogens (primary N) is 1. The van der Waals surface area contributed by atoms with Crippen molar-refractivity contribution in [3.05, 3.63) is 0 Å². The average molecular weight is 213 g/mol. The summed E-state index contributed by atoms with van der Waals surface area (Å²) in [6.45, 7) is 1.60. The summed E-state index contributed by atoms with van der Waals surface area (Å²) >= 11 is 0. The van der Waals surface area contributed by atoms with Gasteiger partial charge in [-0.05, 0) is 6.42 Å². The molecular weight excluding hydrogens is 199 g/mol. The van der Waals surface area contributed by atoms with Crippen LogP contribution in [0.1, 0.15) is 19.8 Å². The van der Waals surface area contributed by atoms with Gasteiger partial charge in [-0.2, -0.15) is 13.2 Å². The normalized spacial score (nSPS) is 16.1. The molecule has 3 nitrogen and oxygen atoms in total. The summed E-state index contributed by atoms with van der Waals surface area (Å²) in [5, 5.41) is 0. The standard InChI is InChI=1S/C8H14F3NO2/c1-3-5(7(13)14-2)6(12)4-8(9,10)11/h5-6H,3-4,12H2,1-2H3. The van der Waals surface area contributed by atoms with Crippen LogP contribution in [0.5, 0.6) is 0 Å². The first-order chi connectivity index (χ1) is 6.31. The molecule has 2 N–H and O–H groups in total. The Labute approximate surface area is 80.4 Å². The van der Waals surface area contributed by atoms with E-state index in [1.165, 1.54) is 0 Å². The fourth-order valence-corrected chi connectivity index (χ4v) is 1.21. The number of carbonyl (C=O) groups excluding carboxylic acids is 1. The van der Waals surface area contributed by atoms with Gasteiger partial charge in [0.05, 0.1) is 19.4 Å². The molecule has 0 fully saturated rings. The number of carbonyl (C=O) groups is 1. The van der Waals surface area contributed by atoms with Crippen molar-refractivity contribution in [2.24, 2.45) is 11.7 Å². The molecule has 0 aliphatic carbocycles. The van der Waals surface area contributed by atoms with E-state index in [1.807, 2.05) is 0 Å². The smallest absolute Gasteiger partial charge is 0.390 e. The minimum absolute atomic E-state index is 0.240. The van der Waals surface area contributed by atoms with Crippen molar-refractivity contribution in [3.63, 3.8) is 0 Å². The highest BCUT2D eigenvalue weighted by Crippen LogP contribution is 2.25. The van der Waals surface area contributed by atoms with E-state index < -0.39 is 30.5 Å². The molecule has 0 aromatic heterocycles. The van der Waals surface area contributed by atoms with Crippen LogP contribution in [-0.2, 0) is 9.53 Å². The predicted octanol–water partition coefficient (Wildman–Crippen LogP) is 1.47. The van der Waals surface area contributed by atoms with E-state index in [0.717, 1.165) is 7.11 Å². The first kappa shape index (κ1) is 13.2. The van der Waals surface area contributed by atoms with Gasteiger partial charge in [0.25, 0.3) is 0 Å². The Morgan fingerprint density at radius 3 is 2.29 bits per heavy atom. The second kappa shape index (κ2) is 5.19. The largest absolute Gasteiger partial charge is 0.469 e. The topological polar surface area (TPSA) is 52.3 Å². The Morgan fingerprint density at radius 2 is 2.00 bits per heavy atom. The first-order valence-electron chi connectivity index (χ1n) is 4.22. The number of rotatable bonds is 4. The summed E-state index contributed by atoms with van der Waals surface area (Å²) in [4.78, 5) is 11.0. The molecule has 0 amide bonds. The van der Waals surface area contributed by atoms with Crippen molar-refractivity contribution < 1.29 is 22.7 Å². The monoisotopic (exact) mass is 213 g/mol. The van der Waals surface area contributed by atoms with Crippen LogP contribution in [0, 0.1) is 5.92 Å². The third kappa shape index (κ3) is 4.45. The molecule has 0 saturated carbocycles. The molecule has 6 heteroatoms. The SMILES string of the molecule is CCC(C(=O)OC)C(N)CC(F)(F)F. The second-order valence-corrected chi connectivity index (χ2v) is 3.02. The molecule has 0 rings (SSSR count). The lowest BCUT2D eigenvalue weighted by atomic mass is 9.95. The molecule has 2 unspecified atom stereocenters. The average Bonchev–Trinajstić information content (AvgIpc) is 2.01. The van der Waals surface area contributed by atoms with Crippen LogP contribution in [-0.4, -0.2) is 25.3 Å². The number of hydrogen-bond acceptors (Lipinski definition) is 3. The van der Waals surface area contributed by atoms with Crippen LogP contribution in [0.4, 0.5) is 13.2 Å². The maximum atomic E-state index is 11.9. The molecule has 0 aromatic carbocycles. The third-order valence-electron chi connectivity index (χ3n) is 1.93. The molecule has 0 radical (unpaired) electrons. The third-order valence-corrected chi connectivity index (χ3v) is 1.93. The van der Waals surface area contributed by atoms with E-state index in [9.17, 15) is 18.0 Å². The quantitative estimate of drug-likeness (QED) is 0.719. The Balaban J connectivity index is 4.32. The van der Waals surface area contributed by atoms with Crippen LogP contribution in [0.3, 0.4) is 0 Å². The minimum atomic E-state index is -4.35. The highest BCUT2D eigenvalue weighted by molar-refractivity contribution is 5.73. The van der Waals surface area contributed by atoms with Gasteiger partial charge in [0.15, 0.2) is 0 Å². The predicted molar refractivity (Wildman–Crippen MR) is 44.4 cm³/mol. The number of methoxy groups -OCH3 is 1. The van der Waals surface area contributed by atoms with Gasteiger partial charge in [-0.1, -0.05) is 6.92 Å². The van der Waals surface area contributed by atoms with Crippen molar-refractivity contribution in [3.8, 4) is 0 Å². The van der Waals surface area contributed by atoms with E-state index >= 15 is 0 Å². The van der Waals surface area contributed by atoms with Gasteiger partial charge in [-0.3, -0.25) is 4.79 Å². The fourth-order valence-electron chi connectivity index (χ4n) is 1.21. The van der Waals surface area contributed by atoms with Crippen LogP contribution in [0.2, 0.25) is 0 Å². The van der Waals surface area contributed by atoms with E-state index in [4.69, 9.17) is 5.73 Å². The highest BCUT2D eigenvalue weighted by Gasteiger charge is 2.36. The second-order valence-electron chi connectivity index (χ2n) is 3.02. The number of halogens is 3. The van der Waals surface area contributed by atoms with Crippen molar-refractivity contribution in [1.82, 2.24) is 0 Å². The molecule has 0 heterocycles. The van der Waals surface area contributed by atoms with Crippen LogP contribution in [0.25, 0.3) is 0 Å². The van der Waals surface area contributed by atoms with Gasteiger partial charge >= 0.3 is 12.1 Å². The lowest BCUT2D eigenvalue weighted by Gasteiger charge is -2.21. The highest BCUT2D eigenvalue weighted by atomic mass is 19.4.